The van der Waals surface area contributed by atoms with Crippen LogP contribution in [0.1, 0.15) is 45.6 Å². The molecule has 0 saturated heterocycles. The van der Waals surface area contributed by atoms with Gasteiger partial charge in [0.15, 0.2) is 0 Å². The molecule has 1 fully saturated rings. The van der Waals surface area contributed by atoms with Crippen LogP contribution in [-0.2, 0) is 14.4 Å². The third-order valence-corrected chi connectivity index (χ3v) is 4.72. The first-order valence-corrected chi connectivity index (χ1v) is 8.17. The third kappa shape index (κ3) is 3.41. The Morgan fingerprint density at radius 3 is 2.25 bits per heavy atom. The quantitative estimate of drug-likeness (QED) is 0.837. The first-order valence-electron chi connectivity index (χ1n) is 8.17. The summed E-state index contributed by atoms with van der Waals surface area (Å²) in [4.78, 5) is 36.8. The molecule has 0 aliphatic heterocycles. The van der Waals surface area contributed by atoms with Gasteiger partial charge >= 0.3 is 0 Å². The zero-order chi connectivity index (χ0) is 18.1. The first kappa shape index (κ1) is 18.3. The Morgan fingerprint density at radius 1 is 1.21 bits per heavy atom. The van der Waals surface area contributed by atoms with Crippen molar-refractivity contribution in [1.82, 2.24) is 0 Å². The van der Waals surface area contributed by atoms with Crippen molar-refractivity contribution in [2.45, 2.75) is 45.6 Å². The van der Waals surface area contributed by atoms with E-state index in [-0.39, 0.29) is 23.8 Å². The van der Waals surface area contributed by atoms with E-state index in [1.165, 1.54) is 20.8 Å². The van der Waals surface area contributed by atoms with Gasteiger partial charge in [-0.3, -0.25) is 14.4 Å². The van der Waals surface area contributed by atoms with Crippen LogP contribution in [0.25, 0.3) is 0 Å². The normalized spacial score (nSPS) is 30.0. The van der Waals surface area contributed by atoms with E-state index in [1.807, 2.05) is 6.92 Å². The van der Waals surface area contributed by atoms with Crippen molar-refractivity contribution in [2.24, 2.45) is 11.8 Å². The second-order valence-electron chi connectivity index (χ2n) is 6.70. The van der Waals surface area contributed by atoms with Crippen molar-refractivity contribution >= 4 is 17.3 Å². The van der Waals surface area contributed by atoms with Gasteiger partial charge < -0.3 is 9.84 Å². The van der Waals surface area contributed by atoms with Gasteiger partial charge in [0.25, 0.3) is 0 Å². The number of ketones is 3. The van der Waals surface area contributed by atoms with Gasteiger partial charge in [0, 0.05) is 12.3 Å². The Bertz CT molecular complexity index is 644. The van der Waals surface area contributed by atoms with Crippen LogP contribution >= 0.6 is 0 Å². The fourth-order valence-corrected chi connectivity index (χ4v) is 3.86. The summed E-state index contributed by atoms with van der Waals surface area (Å²) in [6, 6.07) is 7.02. The number of rotatable bonds is 5. The summed E-state index contributed by atoms with van der Waals surface area (Å²) in [5.74, 6) is -2.51. The van der Waals surface area contributed by atoms with Crippen LogP contribution in [0.15, 0.2) is 24.3 Å². The second kappa shape index (κ2) is 6.85. The Morgan fingerprint density at radius 2 is 1.79 bits per heavy atom. The van der Waals surface area contributed by atoms with Gasteiger partial charge in [-0.2, -0.15) is 0 Å². The number of hydrogen-bond donors (Lipinski definition) is 1. The van der Waals surface area contributed by atoms with Crippen molar-refractivity contribution < 1.29 is 24.2 Å². The van der Waals surface area contributed by atoms with Crippen LogP contribution in [-0.4, -0.2) is 34.7 Å². The number of aliphatic hydroxyl groups is 1. The standard InChI is InChI=1S/C19H24O5/c1-5-24-14-8-6-13(7-9-14)17-16(11(2)20)15(22)10-19(4,23)18(17)12(3)21/h6-9,16-18,23H,5,10H2,1-4H3/t16-,17+,18-,19-/m1/s1. The molecule has 1 aromatic carbocycles. The fraction of sp³-hybridized carbons (Fsp3) is 0.526. The molecule has 1 aliphatic rings. The van der Waals surface area contributed by atoms with E-state index in [1.54, 1.807) is 24.3 Å². The molecule has 0 heterocycles. The van der Waals surface area contributed by atoms with Crippen molar-refractivity contribution in [3.8, 4) is 5.75 Å². The summed E-state index contributed by atoms with van der Waals surface area (Å²) < 4.78 is 5.41. The minimum atomic E-state index is -1.46. The van der Waals surface area contributed by atoms with E-state index in [0.717, 1.165) is 0 Å². The van der Waals surface area contributed by atoms with Crippen molar-refractivity contribution in [1.29, 1.82) is 0 Å². The summed E-state index contributed by atoms with van der Waals surface area (Å²) in [6.07, 6.45) is -0.185. The Hall–Kier alpha value is -2.01. The first-order chi connectivity index (χ1) is 11.2. The summed E-state index contributed by atoms with van der Waals surface area (Å²) in [7, 11) is 0. The SMILES string of the molecule is CCOc1ccc([C@H]2[C@H](C(C)=O)C(=O)C[C@@](C)(O)[C@@H]2C(C)=O)cc1. The maximum absolute atomic E-state index is 12.5. The third-order valence-electron chi connectivity index (χ3n) is 4.72. The van der Waals surface area contributed by atoms with E-state index in [4.69, 9.17) is 4.74 Å². The van der Waals surface area contributed by atoms with Crippen LogP contribution in [0.3, 0.4) is 0 Å². The highest BCUT2D eigenvalue weighted by atomic mass is 16.5. The summed E-state index contributed by atoms with van der Waals surface area (Å²) in [6.45, 7) is 6.66. The molecule has 0 amide bonds. The smallest absolute Gasteiger partial charge is 0.146 e. The number of hydrogen-bond acceptors (Lipinski definition) is 5. The molecule has 0 radical (unpaired) electrons. The van der Waals surface area contributed by atoms with Crippen LogP contribution < -0.4 is 4.74 Å². The van der Waals surface area contributed by atoms with Crippen LogP contribution in [0.2, 0.25) is 0 Å². The molecule has 0 spiro atoms. The molecule has 1 N–H and O–H groups in total. The van der Waals surface area contributed by atoms with Crippen molar-refractivity contribution in [3.63, 3.8) is 0 Å². The number of ether oxygens (including phenoxy) is 1. The molecule has 2 rings (SSSR count). The Kier molecular flexibility index (Phi) is 5.23. The second-order valence-corrected chi connectivity index (χ2v) is 6.70. The Balaban J connectivity index is 2.53. The molecule has 24 heavy (non-hydrogen) atoms. The zero-order valence-corrected chi connectivity index (χ0v) is 14.5. The van der Waals surface area contributed by atoms with Crippen LogP contribution in [0.5, 0.6) is 5.75 Å². The average molecular weight is 332 g/mol. The van der Waals surface area contributed by atoms with Gasteiger partial charge in [0.1, 0.15) is 23.1 Å². The minimum Gasteiger partial charge on any atom is -0.494 e. The van der Waals surface area contributed by atoms with Crippen molar-refractivity contribution in [2.75, 3.05) is 6.61 Å². The highest BCUT2D eigenvalue weighted by Crippen LogP contribution is 2.46. The van der Waals surface area contributed by atoms with E-state index >= 15 is 0 Å². The largest absolute Gasteiger partial charge is 0.494 e. The summed E-state index contributed by atoms with van der Waals surface area (Å²) in [5.41, 5.74) is -0.773. The molecule has 5 nitrogen and oxygen atoms in total. The summed E-state index contributed by atoms with van der Waals surface area (Å²) >= 11 is 0. The average Bonchev–Trinajstić information content (AvgIpc) is 2.45. The molecule has 4 atom stereocenters. The highest BCUT2D eigenvalue weighted by molar-refractivity contribution is 6.05. The van der Waals surface area contributed by atoms with Gasteiger partial charge in [0.2, 0.25) is 0 Å². The molecular weight excluding hydrogens is 308 g/mol. The van der Waals surface area contributed by atoms with E-state index in [9.17, 15) is 19.5 Å². The monoisotopic (exact) mass is 332 g/mol. The number of carbonyl (C=O) groups is 3. The number of Topliss-reactive ketones (excluding diaryl/α,β-unsaturated/α-hetero) is 3. The van der Waals surface area contributed by atoms with E-state index in [2.05, 4.69) is 0 Å². The molecule has 1 aliphatic carbocycles. The molecule has 130 valence electrons. The maximum Gasteiger partial charge on any atom is 0.146 e. The number of benzene rings is 1. The topological polar surface area (TPSA) is 80.7 Å². The molecule has 1 saturated carbocycles. The molecule has 0 aromatic heterocycles. The maximum atomic E-state index is 12.5. The lowest BCUT2D eigenvalue weighted by atomic mass is 9.60. The predicted octanol–water partition coefficient (Wildman–Crippen LogP) is 2.30. The van der Waals surface area contributed by atoms with Gasteiger partial charge in [-0.1, -0.05) is 12.1 Å². The van der Waals surface area contributed by atoms with Gasteiger partial charge in [0.05, 0.1) is 24.0 Å². The Labute approximate surface area is 142 Å². The molecule has 0 bridgehead atoms. The van der Waals surface area contributed by atoms with Gasteiger partial charge in [-0.15, -0.1) is 0 Å². The minimum absolute atomic E-state index is 0.185. The predicted molar refractivity (Wildman–Crippen MR) is 88.9 cm³/mol. The molecular formula is C19H24O5. The lowest BCUT2D eigenvalue weighted by Gasteiger charge is -2.44. The van der Waals surface area contributed by atoms with E-state index < -0.39 is 23.4 Å². The number of carbonyl (C=O) groups excluding carboxylic acids is 3. The summed E-state index contributed by atoms with van der Waals surface area (Å²) in [5, 5.41) is 10.7. The van der Waals surface area contributed by atoms with Gasteiger partial charge in [-0.25, -0.2) is 0 Å². The molecule has 5 heteroatoms. The molecule has 1 aromatic rings. The lowest BCUT2D eigenvalue weighted by molar-refractivity contribution is -0.151. The fourth-order valence-electron chi connectivity index (χ4n) is 3.86. The van der Waals surface area contributed by atoms with Crippen LogP contribution in [0.4, 0.5) is 0 Å². The van der Waals surface area contributed by atoms with Gasteiger partial charge in [-0.05, 0) is 45.4 Å². The van der Waals surface area contributed by atoms with Crippen molar-refractivity contribution in [3.05, 3.63) is 29.8 Å². The highest BCUT2D eigenvalue weighted by Gasteiger charge is 2.53. The molecule has 0 unspecified atom stereocenters. The van der Waals surface area contributed by atoms with Crippen LogP contribution in [0, 0.1) is 11.8 Å². The lowest BCUT2D eigenvalue weighted by Crippen LogP contribution is -2.53. The van der Waals surface area contributed by atoms with E-state index in [0.29, 0.717) is 17.9 Å². The zero-order valence-electron chi connectivity index (χ0n) is 14.5.